The monoisotopic (exact) mass is 438 g/mol. The van der Waals surface area contributed by atoms with Crippen molar-refractivity contribution >= 4 is 34.3 Å². The molecule has 158 valence electrons. The maximum absolute atomic E-state index is 12.5. The van der Waals surface area contributed by atoms with E-state index < -0.39 is 0 Å². The van der Waals surface area contributed by atoms with E-state index in [-0.39, 0.29) is 11.7 Å². The van der Waals surface area contributed by atoms with Crippen LogP contribution in [0.4, 0.5) is 5.69 Å². The van der Waals surface area contributed by atoms with E-state index >= 15 is 0 Å². The van der Waals surface area contributed by atoms with E-state index in [0.717, 1.165) is 47.1 Å². The summed E-state index contributed by atoms with van der Waals surface area (Å²) < 4.78 is 0. The molecule has 2 aromatic carbocycles. The van der Waals surface area contributed by atoms with Gasteiger partial charge in [-0.1, -0.05) is 48.2 Å². The Balaban J connectivity index is 1.27. The Bertz CT molecular complexity index is 1320. The first kappa shape index (κ1) is 20.3. The maximum atomic E-state index is 12.5. The molecule has 1 amide bonds. The zero-order chi connectivity index (χ0) is 21.9. The summed E-state index contributed by atoms with van der Waals surface area (Å²) in [7, 11) is 0. The molecule has 1 unspecified atom stereocenters. The number of aromatic amines is 1. The van der Waals surface area contributed by atoms with Crippen molar-refractivity contribution in [2.24, 2.45) is 0 Å². The van der Waals surface area contributed by atoms with Crippen molar-refractivity contribution in [2.45, 2.75) is 30.2 Å². The summed E-state index contributed by atoms with van der Waals surface area (Å²) in [5.74, 6) is 0.544. The number of aryl methyl sites for hydroxylation is 1. The van der Waals surface area contributed by atoms with Crippen molar-refractivity contribution in [1.29, 1.82) is 5.26 Å². The van der Waals surface area contributed by atoms with E-state index in [2.05, 4.69) is 40.6 Å². The van der Waals surface area contributed by atoms with Crippen molar-refractivity contribution in [2.75, 3.05) is 11.1 Å². The molecule has 0 saturated carbocycles. The summed E-state index contributed by atoms with van der Waals surface area (Å²) in [5.41, 5.74) is 5.81. The molecular weight excluding hydrogens is 416 g/mol. The fraction of sp³-hybridized carbons (Fsp3) is 0.192. The molecule has 1 aliphatic rings. The summed E-state index contributed by atoms with van der Waals surface area (Å²) in [6, 6.07) is 22.5. The maximum Gasteiger partial charge on any atom is 0.234 e. The van der Waals surface area contributed by atoms with Gasteiger partial charge in [0.25, 0.3) is 0 Å². The van der Waals surface area contributed by atoms with Gasteiger partial charge in [-0.25, -0.2) is 4.98 Å². The lowest BCUT2D eigenvalue weighted by Gasteiger charge is -2.25. The van der Waals surface area contributed by atoms with Gasteiger partial charge in [-0.05, 0) is 66.0 Å². The number of benzene rings is 2. The summed E-state index contributed by atoms with van der Waals surface area (Å²) in [6.07, 6.45) is 4.70. The van der Waals surface area contributed by atoms with Gasteiger partial charge < -0.3 is 10.3 Å². The largest absolute Gasteiger partial charge is 0.361 e. The van der Waals surface area contributed by atoms with Gasteiger partial charge in [0.2, 0.25) is 5.91 Å². The van der Waals surface area contributed by atoms with Crippen LogP contribution in [-0.4, -0.2) is 21.6 Å². The van der Waals surface area contributed by atoms with E-state index in [1.807, 2.05) is 42.6 Å². The van der Waals surface area contributed by atoms with E-state index in [4.69, 9.17) is 4.98 Å². The van der Waals surface area contributed by atoms with Crippen LogP contribution >= 0.6 is 11.8 Å². The van der Waals surface area contributed by atoms with Gasteiger partial charge in [-0.2, -0.15) is 5.26 Å². The molecule has 4 aromatic rings. The number of nitrogens with zero attached hydrogens (tertiary/aromatic N) is 2. The van der Waals surface area contributed by atoms with Crippen LogP contribution in [0.25, 0.3) is 10.9 Å². The topological polar surface area (TPSA) is 81.6 Å². The number of pyridine rings is 1. The number of rotatable bonds is 5. The third-order valence-corrected chi connectivity index (χ3v) is 6.91. The van der Waals surface area contributed by atoms with E-state index in [1.165, 1.54) is 17.3 Å². The van der Waals surface area contributed by atoms with Crippen LogP contribution in [0.2, 0.25) is 0 Å². The lowest BCUT2D eigenvalue weighted by atomic mass is 9.82. The minimum atomic E-state index is -0.117. The summed E-state index contributed by atoms with van der Waals surface area (Å²) in [6.45, 7) is 0. The predicted octanol–water partition coefficient (Wildman–Crippen LogP) is 5.44. The molecule has 1 atom stereocenters. The summed E-state index contributed by atoms with van der Waals surface area (Å²) in [4.78, 5) is 20.4. The zero-order valence-corrected chi connectivity index (χ0v) is 18.3. The molecule has 0 fully saturated rings. The van der Waals surface area contributed by atoms with Crippen molar-refractivity contribution < 1.29 is 4.79 Å². The molecule has 1 aliphatic carbocycles. The Labute approximate surface area is 190 Å². The first-order valence-electron chi connectivity index (χ1n) is 10.7. The highest BCUT2D eigenvalue weighted by atomic mass is 32.2. The molecule has 0 aliphatic heterocycles. The van der Waals surface area contributed by atoms with Gasteiger partial charge in [0, 0.05) is 23.1 Å². The number of aromatic nitrogens is 2. The smallest absolute Gasteiger partial charge is 0.234 e. The van der Waals surface area contributed by atoms with Crippen LogP contribution in [0, 0.1) is 11.3 Å². The second-order valence-corrected chi connectivity index (χ2v) is 8.99. The molecule has 32 heavy (non-hydrogen) atoms. The summed E-state index contributed by atoms with van der Waals surface area (Å²) in [5, 5.41) is 14.3. The van der Waals surface area contributed by atoms with Crippen molar-refractivity contribution in [3.8, 4) is 6.07 Å². The van der Waals surface area contributed by atoms with Gasteiger partial charge in [0.1, 0.15) is 11.1 Å². The molecule has 0 bridgehead atoms. The molecule has 0 spiro atoms. The van der Waals surface area contributed by atoms with E-state index in [1.54, 1.807) is 0 Å². The first-order valence-corrected chi connectivity index (χ1v) is 11.7. The number of carbonyl (C=O) groups excluding carboxylic acids is 1. The minimum Gasteiger partial charge on any atom is -0.361 e. The highest BCUT2D eigenvalue weighted by Gasteiger charge is 2.23. The Hall–Kier alpha value is -3.56. The fourth-order valence-corrected chi connectivity index (χ4v) is 5.08. The molecule has 5 rings (SSSR count). The second-order valence-electron chi connectivity index (χ2n) is 8.03. The number of anilines is 1. The Kier molecular flexibility index (Phi) is 5.66. The predicted molar refractivity (Wildman–Crippen MR) is 128 cm³/mol. The van der Waals surface area contributed by atoms with Crippen LogP contribution in [-0.2, 0) is 17.6 Å². The third-order valence-electron chi connectivity index (χ3n) is 5.92. The number of hydrogen-bond acceptors (Lipinski definition) is 4. The number of carbonyl (C=O) groups is 1. The van der Waals surface area contributed by atoms with Gasteiger partial charge in [-0.3, -0.25) is 4.79 Å². The number of hydrogen-bond donors (Lipinski definition) is 2. The summed E-state index contributed by atoms with van der Waals surface area (Å²) >= 11 is 1.32. The number of thioether (sulfide) groups is 1. The lowest BCUT2D eigenvalue weighted by molar-refractivity contribution is -0.113. The minimum absolute atomic E-state index is 0.117. The average Bonchev–Trinajstić information content (AvgIpc) is 3.30. The van der Waals surface area contributed by atoms with E-state index in [9.17, 15) is 10.1 Å². The molecule has 2 aromatic heterocycles. The van der Waals surface area contributed by atoms with Gasteiger partial charge in [-0.15, -0.1) is 0 Å². The highest BCUT2D eigenvalue weighted by molar-refractivity contribution is 8.00. The number of amides is 1. The Morgan fingerprint density at radius 3 is 2.91 bits per heavy atom. The molecule has 5 nitrogen and oxygen atoms in total. The second kappa shape index (κ2) is 8.89. The molecule has 0 saturated heterocycles. The van der Waals surface area contributed by atoms with Crippen LogP contribution in [0.15, 0.2) is 71.9 Å². The Morgan fingerprint density at radius 2 is 2.06 bits per heavy atom. The third kappa shape index (κ3) is 4.25. The number of nitriles is 1. The number of nitrogens with one attached hydrogen (secondary N) is 2. The quantitative estimate of drug-likeness (QED) is 0.407. The Morgan fingerprint density at radius 1 is 1.19 bits per heavy atom. The van der Waals surface area contributed by atoms with Gasteiger partial charge in [0.15, 0.2) is 0 Å². The molecule has 2 heterocycles. The van der Waals surface area contributed by atoms with Gasteiger partial charge >= 0.3 is 0 Å². The van der Waals surface area contributed by atoms with Crippen molar-refractivity contribution in [3.63, 3.8) is 0 Å². The van der Waals surface area contributed by atoms with Crippen molar-refractivity contribution in [1.82, 2.24) is 9.97 Å². The highest BCUT2D eigenvalue weighted by Crippen LogP contribution is 2.34. The fourth-order valence-electron chi connectivity index (χ4n) is 4.30. The van der Waals surface area contributed by atoms with E-state index in [0.29, 0.717) is 16.5 Å². The SMILES string of the molecule is N#Cc1cc2c(nc1SCC(=O)Nc1ccc3cc[nH]c3c1)CCC(c1ccccc1)C2. The van der Waals surface area contributed by atoms with Crippen molar-refractivity contribution in [3.05, 3.63) is 89.2 Å². The zero-order valence-electron chi connectivity index (χ0n) is 17.5. The van der Waals surface area contributed by atoms with Gasteiger partial charge in [0.05, 0.1) is 11.3 Å². The first-order chi connectivity index (χ1) is 15.7. The van der Waals surface area contributed by atoms with Crippen LogP contribution < -0.4 is 5.32 Å². The molecule has 6 heteroatoms. The molecule has 2 N–H and O–H groups in total. The van der Waals surface area contributed by atoms with Crippen LogP contribution in [0.3, 0.4) is 0 Å². The normalized spacial score (nSPS) is 15.2. The lowest BCUT2D eigenvalue weighted by Crippen LogP contribution is -2.16. The standard InChI is InChI=1S/C26H22N4OS/c27-15-21-13-20-12-19(17-4-2-1-3-5-17)7-9-23(20)30-26(21)32-16-25(31)29-22-8-6-18-10-11-28-24(18)14-22/h1-6,8,10-11,13-14,19,28H,7,9,12,16H2,(H,29,31). The number of fused-ring (bicyclic) bond motifs is 2. The molecule has 0 radical (unpaired) electrons. The van der Waals surface area contributed by atoms with Crippen LogP contribution in [0.1, 0.15) is 34.7 Å². The number of H-pyrrole nitrogens is 1. The van der Waals surface area contributed by atoms with Crippen LogP contribution in [0.5, 0.6) is 0 Å². The molecular formula is C26H22N4OS. The average molecular weight is 439 g/mol.